The average molecular weight is 511 g/mol. The lowest BCUT2D eigenvalue weighted by Crippen LogP contribution is -2.16. The molecule has 0 spiro atoms. The van der Waals surface area contributed by atoms with E-state index in [-0.39, 0.29) is 36.3 Å². The highest BCUT2D eigenvalue weighted by Gasteiger charge is 2.26. The minimum Gasteiger partial charge on any atom is -0.461 e. The molecule has 1 aliphatic heterocycles. The van der Waals surface area contributed by atoms with Crippen LogP contribution in [0.3, 0.4) is 0 Å². The molecule has 0 radical (unpaired) electrons. The zero-order valence-electron chi connectivity index (χ0n) is 20.2. The second-order valence-corrected chi connectivity index (χ2v) is 10.9. The van der Waals surface area contributed by atoms with Gasteiger partial charge in [-0.25, -0.2) is 14.8 Å². The molecule has 0 amide bonds. The lowest BCUT2D eigenvalue weighted by Gasteiger charge is -2.13. The molecule has 2 heterocycles. The summed E-state index contributed by atoms with van der Waals surface area (Å²) in [5.41, 5.74) is 3.84. The maximum absolute atomic E-state index is 13.1. The summed E-state index contributed by atoms with van der Waals surface area (Å²) in [6.07, 6.45) is 7.02. The molecule has 2 aromatic rings. The molecule has 6 nitrogen and oxygen atoms in total. The molecule has 184 valence electrons. The Hall–Kier alpha value is -2.58. The Morgan fingerprint density at radius 2 is 1.97 bits per heavy atom. The van der Waals surface area contributed by atoms with E-state index in [9.17, 15) is 14.4 Å². The van der Waals surface area contributed by atoms with Gasteiger partial charge in [-0.15, -0.1) is 23.1 Å². The minimum atomic E-state index is -0.390. The van der Waals surface area contributed by atoms with Crippen molar-refractivity contribution in [1.29, 1.82) is 0 Å². The minimum absolute atomic E-state index is 0.0614. The van der Waals surface area contributed by atoms with Crippen LogP contribution in [0, 0.1) is 12.8 Å². The van der Waals surface area contributed by atoms with Crippen molar-refractivity contribution in [1.82, 2.24) is 4.98 Å². The molecule has 1 aliphatic carbocycles. The molecule has 0 N–H and O–H groups in total. The van der Waals surface area contributed by atoms with E-state index in [0.717, 1.165) is 58.1 Å². The Balaban J connectivity index is 1.32. The van der Waals surface area contributed by atoms with Crippen molar-refractivity contribution in [3.63, 3.8) is 0 Å². The number of thioether (sulfide) groups is 1. The highest BCUT2D eigenvalue weighted by Crippen LogP contribution is 2.30. The van der Waals surface area contributed by atoms with Crippen molar-refractivity contribution in [2.45, 2.75) is 64.5 Å². The molecule has 0 unspecified atom stereocenters. The number of allylic oxidation sites excluding steroid dienone is 1. The summed E-state index contributed by atoms with van der Waals surface area (Å²) in [6, 6.07) is 5.84. The van der Waals surface area contributed by atoms with E-state index in [4.69, 9.17) is 4.74 Å². The lowest BCUT2D eigenvalue weighted by molar-refractivity contribution is -0.138. The molecule has 4 rings (SSSR count). The van der Waals surface area contributed by atoms with Crippen LogP contribution in [0.1, 0.15) is 71.2 Å². The van der Waals surface area contributed by atoms with Gasteiger partial charge in [0.05, 0.1) is 23.8 Å². The van der Waals surface area contributed by atoms with Gasteiger partial charge in [0.15, 0.2) is 5.78 Å². The summed E-state index contributed by atoms with van der Waals surface area (Å²) >= 11 is 3.02. The number of carbonyl (C=O) groups excluding carboxylic acids is 3. The number of hydrogen-bond acceptors (Lipinski definition) is 8. The molecule has 0 saturated heterocycles. The van der Waals surface area contributed by atoms with E-state index in [1.165, 1.54) is 11.3 Å². The lowest BCUT2D eigenvalue weighted by atomic mass is 9.90. The topological polar surface area (TPSA) is 85.7 Å². The molecular formula is C27H30N2O4S2. The Kier molecular flexibility index (Phi) is 8.68. The fourth-order valence-corrected chi connectivity index (χ4v) is 6.17. The summed E-state index contributed by atoms with van der Waals surface area (Å²) in [7, 11) is 0. The van der Waals surface area contributed by atoms with Gasteiger partial charge in [-0.1, -0.05) is 30.5 Å². The Morgan fingerprint density at radius 3 is 2.74 bits per heavy atom. The number of benzene rings is 1. The van der Waals surface area contributed by atoms with E-state index in [0.29, 0.717) is 24.5 Å². The second-order valence-electron chi connectivity index (χ2n) is 8.94. The van der Waals surface area contributed by atoms with Crippen LogP contribution in [-0.4, -0.2) is 34.2 Å². The van der Waals surface area contributed by atoms with Crippen LogP contribution in [-0.2, 0) is 32.9 Å². The number of esters is 1. The van der Waals surface area contributed by atoms with Crippen molar-refractivity contribution in [3.8, 4) is 0 Å². The van der Waals surface area contributed by atoms with Crippen molar-refractivity contribution < 1.29 is 19.1 Å². The van der Waals surface area contributed by atoms with E-state index >= 15 is 0 Å². The molecule has 1 fully saturated rings. The number of thiazole rings is 1. The second kappa shape index (κ2) is 11.9. The normalized spacial score (nSPS) is 15.7. The first-order valence-electron chi connectivity index (χ1n) is 12.1. The SMILES string of the molecule is CCOC(=O)C1=CCC(SCc2csc(CC(=O)Cc3ccc(C)cc3C(=O)C3CCCC3)n2)=N1. The largest absolute Gasteiger partial charge is 0.461 e. The van der Waals surface area contributed by atoms with Gasteiger partial charge in [0.25, 0.3) is 0 Å². The van der Waals surface area contributed by atoms with E-state index in [2.05, 4.69) is 9.98 Å². The molecule has 0 bridgehead atoms. The van der Waals surface area contributed by atoms with Crippen LogP contribution in [0.4, 0.5) is 0 Å². The van der Waals surface area contributed by atoms with Crippen LogP contribution < -0.4 is 0 Å². The predicted octanol–water partition coefficient (Wildman–Crippen LogP) is 5.66. The zero-order chi connectivity index (χ0) is 24.8. The zero-order valence-corrected chi connectivity index (χ0v) is 21.8. The Labute approximate surface area is 214 Å². The summed E-state index contributed by atoms with van der Waals surface area (Å²) < 4.78 is 4.99. The molecule has 1 aromatic carbocycles. The number of Topliss-reactive ketones (excluding diaryl/α,β-unsaturated/α-hetero) is 2. The summed E-state index contributed by atoms with van der Waals surface area (Å²) in [4.78, 5) is 46.7. The van der Waals surface area contributed by atoms with Gasteiger partial charge >= 0.3 is 5.97 Å². The van der Waals surface area contributed by atoms with Gasteiger partial charge in [0.2, 0.25) is 0 Å². The number of aromatic nitrogens is 1. The maximum Gasteiger partial charge on any atom is 0.356 e. The standard InChI is InChI=1S/C27H30N2O4S2/c1-3-33-27(32)23-10-11-24(29-23)34-15-20-16-35-25(28-20)14-21(30)13-19-9-8-17(2)12-22(19)26(31)18-6-4-5-7-18/h8-10,12,16,18H,3-7,11,13-15H2,1-2H3. The van der Waals surface area contributed by atoms with Gasteiger partial charge in [0.1, 0.15) is 16.5 Å². The molecule has 35 heavy (non-hydrogen) atoms. The number of aryl methyl sites for hydroxylation is 1. The number of rotatable bonds is 10. The molecule has 8 heteroatoms. The highest BCUT2D eigenvalue weighted by molar-refractivity contribution is 8.13. The summed E-state index contributed by atoms with van der Waals surface area (Å²) in [5, 5.41) is 3.60. The van der Waals surface area contributed by atoms with Crippen LogP contribution in [0.5, 0.6) is 0 Å². The number of nitrogens with zero attached hydrogens (tertiary/aromatic N) is 2. The third kappa shape index (κ3) is 6.76. The first-order chi connectivity index (χ1) is 16.9. The maximum atomic E-state index is 13.1. The van der Waals surface area contributed by atoms with E-state index in [1.807, 2.05) is 30.5 Å². The molecule has 2 aliphatic rings. The molecular weight excluding hydrogens is 480 g/mol. The predicted molar refractivity (Wildman–Crippen MR) is 140 cm³/mol. The van der Waals surface area contributed by atoms with Crippen molar-refractivity contribution in [3.05, 3.63) is 62.7 Å². The number of aliphatic imine (C=N–C) groups is 1. The first kappa shape index (κ1) is 25.5. The summed E-state index contributed by atoms with van der Waals surface area (Å²) in [5.74, 6) is 0.590. The average Bonchev–Trinajstić information content (AvgIpc) is 3.61. The fraction of sp³-hybridized carbons (Fsp3) is 0.444. The monoisotopic (exact) mass is 510 g/mol. The van der Waals surface area contributed by atoms with Crippen molar-refractivity contribution in [2.75, 3.05) is 6.61 Å². The number of hydrogen-bond donors (Lipinski definition) is 0. The molecule has 1 saturated carbocycles. The first-order valence-corrected chi connectivity index (χ1v) is 14.0. The Morgan fingerprint density at radius 1 is 1.17 bits per heavy atom. The van der Waals surface area contributed by atoms with Gasteiger partial charge in [-0.3, -0.25) is 9.59 Å². The van der Waals surface area contributed by atoms with Gasteiger partial charge in [-0.2, -0.15) is 0 Å². The van der Waals surface area contributed by atoms with Crippen LogP contribution in [0.2, 0.25) is 0 Å². The number of ether oxygens (including phenoxy) is 1. The highest BCUT2D eigenvalue weighted by atomic mass is 32.2. The third-order valence-corrected chi connectivity index (χ3v) is 8.11. The number of ketones is 2. The van der Waals surface area contributed by atoms with Crippen LogP contribution in [0.25, 0.3) is 0 Å². The summed E-state index contributed by atoms with van der Waals surface area (Å²) in [6.45, 7) is 4.08. The van der Waals surface area contributed by atoms with Crippen molar-refractivity contribution in [2.24, 2.45) is 10.9 Å². The van der Waals surface area contributed by atoms with Gasteiger partial charge in [-0.05, 0) is 44.4 Å². The Bertz CT molecular complexity index is 1180. The fourth-order valence-electron chi connectivity index (χ4n) is 4.41. The van der Waals surface area contributed by atoms with E-state index < -0.39 is 0 Å². The smallest absolute Gasteiger partial charge is 0.356 e. The number of carbonyl (C=O) groups is 3. The quantitative estimate of drug-likeness (QED) is 0.303. The van der Waals surface area contributed by atoms with Gasteiger partial charge < -0.3 is 4.74 Å². The molecule has 1 aromatic heterocycles. The molecule has 0 atom stereocenters. The third-order valence-electron chi connectivity index (χ3n) is 6.18. The van der Waals surface area contributed by atoms with Crippen molar-refractivity contribution >= 4 is 45.7 Å². The van der Waals surface area contributed by atoms with E-state index in [1.54, 1.807) is 24.8 Å². The van der Waals surface area contributed by atoms with Gasteiger partial charge in [0, 0.05) is 35.5 Å². The van der Waals surface area contributed by atoms with Crippen LogP contribution in [0.15, 0.2) is 40.3 Å². The van der Waals surface area contributed by atoms with Crippen LogP contribution >= 0.6 is 23.1 Å².